The second-order valence-electron chi connectivity index (χ2n) is 5.02. The van der Waals surface area contributed by atoms with Crippen molar-refractivity contribution in [3.63, 3.8) is 0 Å². The van der Waals surface area contributed by atoms with Gasteiger partial charge in [-0.15, -0.1) is 11.3 Å². The molecule has 0 spiro atoms. The van der Waals surface area contributed by atoms with Crippen LogP contribution >= 0.6 is 11.3 Å². The Kier molecular flexibility index (Phi) is 4.60. The maximum atomic E-state index is 3.58. The second-order valence-corrected chi connectivity index (χ2v) is 6.28. The molecule has 2 atom stereocenters. The van der Waals surface area contributed by atoms with E-state index in [1.807, 2.05) is 11.3 Å². The molecule has 0 amide bonds. The topological polar surface area (TPSA) is 15.3 Å². The Bertz CT molecular complexity index is 348. The molecule has 1 fully saturated rings. The summed E-state index contributed by atoms with van der Waals surface area (Å²) in [6, 6.07) is 5.93. The van der Waals surface area contributed by atoms with Crippen LogP contribution < -0.4 is 5.32 Å². The van der Waals surface area contributed by atoms with Gasteiger partial charge in [0.2, 0.25) is 0 Å². The van der Waals surface area contributed by atoms with Gasteiger partial charge in [-0.05, 0) is 31.9 Å². The SMILES string of the molecule is CCc1ccc(CN2CC(C)NCC2CC)s1. The van der Waals surface area contributed by atoms with E-state index in [9.17, 15) is 0 Å². The molecule has 2 unspecified atom stereocenters. The molecule has 1 N–H and O–H groups in total. The maximum Gasteiger partial charge on any atom is 0.0332 e. The highest BCUT2D eigenvalue weighted by Gasteiger charge is 2.24. The second kappa shape index (κ2) is 5.98. The van der Waals surface area contributed by atoms with Gasteiger partial charge in [0.1, 0.15) is 0 Å². The average Bonchev–Trinajstić information content (AvgIpc) is 2.77. The minimum atomic E-state index is 0.628. The van der Waals surface area contributed by atoms with Crippen LogP contribution in [-0.4, -0.2) is 30.1 Å². The summed E-state index contributed by atoms with van der Waals surface area (Å²) in [5, 5.41) is 3.58. The van der Waals surface area contributed by atoms with E-state index in [0.29, 0.717) is 12.1 Å². The summed E-state index contributed by atoms with van der Waals surface area (Å²) in [4.78, 5) is 5.68. The van der Waals surface area contributed by atoms with E-state index >= 15 is 0 Å². The molecule has 1 aromatic heterocycles. The molecule has 2 nitrogen and oxygen atoms in total. The molecule has 0 aromatic carbocycles. The summed E-state index contributed by atoms with van der Waals surface area (Å²) in [5.74, 6) is 0. The van der Waals surface area contributed by atoms with E-state index in [4.69, 9.17) is 0 Å². The molecule has 96 valence electrons. The molecule has 1 aromatic rings. The Labute approximate surface area is 109 Å². The van der Waals surface area contributed by atoms with Crippen LogP contribution in [0.15, 0.2) is 12.1 Å². The normalized spacial score (nSPS) is 26.3. The zero-order chi connectivity index (χ0) is 12.3. The van der Waals surface area contributed by atoms with Crippen LogP contribution in [0.25, 0.3) is 0 Å². The van der Waals surface area contributed by atoms with Gasteiger partial charge in [-0.2, -0.15) is 0 Å². The number of rotatable bonds is 4. The Morgan fingerprint density at radius 1 is 1.35 bits per heavy atom. The standard InChI is InChI=1S/C14H24N2S/c1-4-12-8-15-11(3)9-16(12)10-14-7-6-13(5-2)17-14/h6-7,11-12,15H,4-5,8-10H2,1-3H3. The average molecular weight is 252 g/mol. The number of nitrogens with zero attached hydrogens (tertiary/aromatic N) is 1. The Balaban J connectivity index is 1.99. The monoisotopic (exact) mass is 252 g/mol. The summed E-state index contributed by atoms with van der Waals surface area (Å²) in [6.07, 6.45) is 2.41. The fourth-order valence-corrected chi connectivity index (χ4v) is 3.51. The lowest BCUT2D eigenvalue weighted by Gasteiger charge is -2.38. The molecule has 3 heteroatoms. The number of piperazine rings is 1. The van der Waals surface area contributed by atoms with Gasteiger partial charge in [0.05, 0.1) is 0 Å². The molecule has 1 aliphatic heterocycles. The van der Waals surface area contributed by atoms with Gasteiger partial charge >= 0.3 is 0 Å². The number of nitrogens with one attached hydrogen (secondary N) is 1. The number of aryl methyl sites for hydroxylation is 1. The van der Waals surface area contributed by atoms with Crippen molar-refractivity contribution in [2.24, 2.45) is 0 Å². The predicted molar refractivity (Wildman–Crippen MR) is 75.7 cm³/mol. The highest BCUT2D eigenvalue weighted by atomic mass is 32.1. The van der Waals surface area contributed by atoms with Gasteiger partial charge in [0.15, 0.2) is 0 Å². The Morgan fingerprint density at radius 2 is 2.12 bits per heavy atom. The van der Waals surface area contributed by atoms with Gasteiger partial charge in [-0.3, -0.25) is 4.90 Å². The maximum absolute atomic E-state index is 3.58. The Hall–Kier alpha value is -0.380. The van der Waals surface area contributed by atoms with E-state index in [0.717, 1.165) is 13.1 Å². The summed E-state index contributed by atoms with van der Waals surface area (Å²) in [5.41, 5.74) is 0. The van der Waals surface area contributed by atoms with Gasteiger partial charge < -0.3 is 5.32 Å². The molecule has 0 radical (unpaired) electrons. The molecule has 1 aliphatic rings. The van der Waals surface area contributed by atoms with E-state index in [1.54, 1.807) is 0 Å². The smallest absolute Gasteiger partial charge is 0.0332 e. The first-order valence-corrected chi connectivity index (χ1v) is 7.59. The first-order chi connectivity index (χ1) is 8.22. The van der Waals surface area contributed by atoms with Crippen LogP contribution in [0.5, 0.6) is 0 Å². The van der Waals surface area contributed by atoms with Gasteiger partial charge in [0, 0.05) is 41.5 Å². The van der Waals surface area contributed by atoms with Crippen LogP contribution in [-0.2, 0) is 13.0 Å². The van der Waals surface area contributed by atoms with Gasteiger partial charge in [0.25, 0.3) is 0 Å². The van der Waals surface area contributed by atoms with Crippen LogP contribution in [0.3, 0.4) is 0 Å². The molecule has 0 aliphatic carbocycles. The van der Waals surface area contributed by atoms with E-state index in [2.05, 4.69) is 43.1 Å². The molecule has 0 bridgehead atoms. The van der Waals surface area contributed by atoms with E-state index < -0.39 is 0 Å². The van der Waals surface area contributed by atoms with Crippen molar-refractivity contribution >= 4 is 11.3 Å². The highest BCUT2D eigenvalue weighted by molar-refractivity contribution is 7.11. The van der Waals surface area contributed by atoms with Crippen LogP contribution in [0.2, 0.25) is 0 Å². The first-order valence-electron chi connectivity index (χ1n) is 6.78. The third kappa shape index (κ3) is 3.30. The summed E-state index contributed by atoms with van der Waals surface area (Å²) < 4.78 is 0. The zero-order valence-electron chi connectivity index (χ0n) is 11.2. The van der Waals surface area contributed by atoms with Crippen molar-refractivity contribution in [2.75, 3.05) is 13.1 Å². The number of hydrogen-bond donors (Lipinski definition) is 1. The molecule has 17 heavy (non-hydrogen) atoms. The first kappa shape index (κ1) is 13.1. The van der Waals surface area contributed by atoms with Crippen LogP contribution in [0.4, 0.5) is 0 Å². The van der Waals surface area contributed by atoms with Gasteiger partial charge in [-0.1, -0.05) is 13.8 Å². The van der Waals surface area contributed by atoms with E-state index in [-0.39, 0.29) is 0 Å². The largest absolute Gasteiger partial charge is 0.311 e. The van der Waals surface area contributed by atoms with Crippen molar-refractivity contribution in [2.45, 2.75) is 52.2 Å². The number of thiophene rings is 1. The number of hydrogen-bond acceptors (Lipinski definition) is 3. The summed E-state index contributed by atoms with van der Waals surface area (Å²) in [7, 11) is 0. The van der Waals surface area contributed by atoms with E-state index in [1.165, 1.54) is 29.1 Å². The molecule has 0 saturated carbocycles. The minimum absolute atomic E-state index is 0.628. The van der Waals surface area contributed by atoms with Crippen molar-refractivity contribution in [3.05, 3.63) is 21.9 Å². The van der Waals surface area contributed by atoms with Crippen molar-refractivity contribution < 1.29 is 0 Å². The molecular formula is C14H24N2S. The quantitative estimate of drug-likeness (QED) is 0.886. The lowest BCUT2D eigenvalue weighted by atomic mass is 10.1. The fourth-order valence-electron chi connectivity index (χ4n) is 2.53. The summed E-state index contributed by atoms with van der Waals surface area (Å²) >= 11 is 1.98. The van der Waals surface area contributed by atoms with Crippen LogP contribution in [0.1, 0.15) is 36.9 Å². The third-order valence-corrected chi connectivity index (χ3v) is 4.84. The molecule has 2 heterocycles. The Morgan fingerprint density at radius 3 is 2.76 bits per heavy atom. The van der Waals surface area contributed by atoms with Gasteiger partial charge in [-0.25, -0.2) is 0 Å². The minimum Gasteiger partial charge on any atom is -0.311 e. The zero-order valence-corrected chi connectivity index (χ0v) is 12.0. The molecule has 1 saturated heterocycles. The molecular weight excluding hydrogens is 228 g/mol. The van der Waals surface area contributed by atoms with Crippen LogP contribution in [0, 0.1) is 0 Å². The highest BCUT2D eigenvalue weighted by Crippen LogP contribution is 2.21. The molecule has 2 rings (SSSR count). The lowest BCUT2D eigenvalue weighted by Crippen LogP contribution is -2.54. The van der Waals surface area contributed by atoms with Crippen molar-refractivity contribution in [1.82, 2.24) is 10.2 Å². The summed E-state index contributed by atoms with van der Waals surface area (Å²) in [6.45, 7) is 10.3. The third-order valence-electron chi connectivity index (χ3n) is 3.62. The predicted octanol–water partition coefficient (Wildman–Crippen LogP) is 2.88. The van der Waals surface area contributed by atoms with Crippen molar-refractivity contribution in [3.8, 4) is 0 Å². The van der Waals surface area contributed by atoms with Crippen molar-refractivity contribution in [1.29, 1.82) is 0 Å². The lowest BCUT2D eigenvalue weighted by molar-refractivity contribution is 0.125. The fraction of sp³-hybridized carbons (Fsp3) is 0.714.